The quantitative estimate of drug-likeness (QED) is 0.919. The van der Waals surface area contributed by atoms with Gasteiger partial charge in [0, 0.05) is 18.3 Å². The van der Waals surface area contributed by atoms with Crippen molar-refractivity contribution in [2.45, 2.75) is 19.4 Å². The van der Waals surface area contributed by atoms with Gasteiger partial charge in [-0.3, -0.25) is 4.68 Å². The predicted molar refractivity (Wildman–Crippen MR) is 74.9 cm³/mol. The van der Waals surface area contributed by atoms with E-state index in [9.17, 15) is 0 Å². The molecule has 0 saturated heterocycles. The Morgan fingerprint density at radius 2 is 2.17 bits per heavy atom. The molecule has 0 spiro atoms. The Balaban J connectivity index is 2.23. The van der Waals surface area contributed by atoms with Gasteiger partial charge in [-0.25, -0.2) is 0 Å². The highest BCUT2D eigenvalue weighted by molar-refractivity contribution is 6.31. The van der Waals surface area contributed by atoms with E-state index in [0.717, 1.165) is 22.7 Å². The van der Waals surface area contributed by atoms with Crippen LogP contribution < -0.4 is 5.32 Å². The molecule has 0 amide bonds. The molecule has 1 atom stereocenters. The fourth-order valence-corrected chi connectivity index (χ4v) is 2.43. The van der Waals surface area contributed by atoms with Crippen LogP contribution in [0.15, 0.2) is 30.5 Å². The number of hydrogen-bond donors (Lipinski definition) is 1. The number of benzene rings is 1. The Bertz CT molecular complexity index is 534. The molecule has 18 heavy (non-hydrogen) atoms. The van der Waals surface area contributed by atoms with Gasteiger partial charge in [0.2, 0.25) is 0 Å². The number of rotatable bonds is 4. The van der Waals surface area contributed by atoms with Gasteiger partial charge in [0.25, 0.3) is 0 Å². The van der Waals surface area contributed by atoms with Crippen molar-refractivity contribution < 1.29 is 0 Å². The first kappa shape index (κ1) is 13.1. The SMILES string of the molecule is CNC(Cc1ccc(C)cc1Cl)c1ccnn1C. The lowest BCUT2D eigenvalue weighted by molar-refractivity contribution is 0.537. The second-order valence-electron chi connectivity index (χ2n) is 4.52. The molecule has 1 unspecified atom stereocenters. The van der Waals surface area contributed by atoms with Crippen LogP contribution in [0.5, 0.6) is 0 Å². The van der Waals surface area contributed by atoms with Crippen LogP contribution >= 0.6 is 11.6 Å². The summed E-state index contributed by atoms with van der Waals surface area (Å²) in [7, 11) is 3.91. The minimum atomic E-state index is 0.220. The Kier molecular flexibility index (Phi) is 4.04. The zero-order valence-electron chi connectivity index (χ0n) is 10.9. The average molecular weight is 264 g/mol. The molecule has 1 aromatic heterocycles. The van der Waals surface area contributed by atoms with E-state index in [0.29, 0.717) is 0 Å². The molecule has 0 aliphatic heterocycles. The number of nitrogens with one attached hydrogen (secondary N) is 1. The molecule has 2 rings (SSSR count). The topological polar surface area (TPSA) is 29.9 Å². The second kappa shape index (κ2) is 5.55. The minimum absolute atomic E-state index is 0.220. The van der Waals surface area contributed by atoms with Crippen molar-refractivity contribution in [3.8, 4) is 0 Å². The number of halogens is 1. The molecule has 0 aliphatic rings. The number of aryl methyl sites for hydroxylation is 2. The smallest absolute Gasteiger partial charge is 0.0553 e. The highest BCUT2D eigenvalue weighted by Gasteiger charge is 2.15. The highest BCUT2D eigenvalue weighted by Crippen LogP contribution is 2.24. The fraction of sp³-hybridized carbons (Fsp3) is 0.357. The monoisotopic (exact) mass is 263 g/mol. The molecular formula is C14H18ClN3. The Morgan fingerprint density at radius 3 is 2.72 bits per heavy atom. The molecule has 3 nitrogen and oxygen atoms in total. The third-order valence-electron chi connectivity index (χ3n) is 3.20. The van der Waals surface area contributed by atoms with E-state index in [4.69, 9.17) is 11.6 Å². The van der Waals surface area contributed by atoms with Crippen LogP contribution in [0.2, 0.25) is 5.02 Å². The number of nitrogens with zero attached hydrogens (tertiary/aromatic N) is 2. The molecule has 0 radical (unpaired) electrons. The molecule has 96 valence electrons. The Hall–Kier alpha value is -1.32. The van der Waals surface area contributed by atoms with E-state index >= 15 is 0 Å². The maximum atomic E-state index is 6.28. The van der Waals surface area contributed by atoms with Gasteiger partial charge in [-0.1, -0.05) is 23.7 Å². The van der Waals surface area contributed by atoms with E-state index in [-0.39, 0.29) is 6.04 Å². The van der Waals surface area contributed by atoms with Crippen molar-refractivity contribution in [1.82, 2.24) is 15.1 Å². The Morgan fingerprint density at radius 1 is 1.39 bits per heavy atom. The van der Waals surface area contributed by atoms with E-state index in [1.165, 1.54) is 5.56 Å². The van der Waals surface area contributed by atoms with Crippen molar-refractivity contribution in [1.29, 1.82) is 0 Å². The van der Waals surface area contributed by atoms with Crippen molar-refractivity contribution in [2.75, 3.05) is 7.05 Å². The van der Waals surface area contributed by atoms with Gasteiger partial charge < -0.3 is 5.32 Å². The summed E-state index contributed by atoms with van der Waals surface area (Å²) in [5.74, 6) is 0. The number of aromatic nitrogens is 2. The molecule has 2 aromatic rings. The van der Waals surface area contributed by atoms with Crippen LogP contribution in [-0.4, -0.2) is 16.8 Å². The van der Waals surface area contributed by atoms with Crippen molar-refractivity contribution in [3.63, 3.8) is 0 Å². The van der Waals surface area contributed by atoms with Gasteiger partial charge in [0.05, 0.1) is 11.7 Å². The molecule has 0 fully saturated rings. The van der Waals surface area contributed by atoms with Crippen LogP contribution in [0, 0.1) is 6.92 Å². The molecule has 1 aromatic carbocycles. The molecular weight excluding hydrogens is 246 g/mol. The first-order valence-electron chi connectivity index (χ1n) is 6.02. The summed E-state index contributed by atoms with van der Waals surface area (Å²) in [6, 6.07) is 8.45. The third kappa shape index (κ3) is 2.74. The second-order valence-corrected chi connectivity index (χ2v) is 4.93. The Labute approximate surface area is 113 Å². The molecule has 1 heterocycles. The summed E-state index contributed by atoms with van der Waals surface area (Å²) in [5, 5.41) is 8.35. The van der Waals surface area contributed by atoms with E-state index in [1.807, 2.05) is 44.0 Å². The molecule has 1 N–H and O–H groups in total. The van der Waals surface area contributed by atoms with E-state index < -0.39 is 0 Å². The van der Waals surface area contributed by atoms with Gasteiger partial charge in [-0.15, -0.1) is 0 Å². The first-order valence-corrected chi connectivity index (χ1v) is 6.40. The van der Waals surface area contributed by atoms with Crippen molar-refractivity contribution in [3.05, 3.63) is 52.3 Å². The van der Waals surface area contributed by atoms with Crippen molar-refractivity contribution in [2.24, 2.45) is 7.05 Å². The normalized spacial score (nSPS) is 12.7. The maximum absolute atomic E-state index is 6.28. The first-order chi connectivity index (χ1) is 8.61. The number of likely N-dealkylation sites (N-methyl/N-ethyl adjacent to an activating group) is 1. The predicted octanol–water partition coefficient (Wildman–Crippen LogP) is 2.89. The summed E-state index contributed by atoms with van der Waals surface area (Å²) in [5.41, 5.74) is 3.50. The van der Waals surface area contributed by atoms with Crippen molar-refractivity contribution >= 4 is 11.6 Å². The lowest BCUT2D eigenvalue weighted by atomic mass is 10.0. The third-order valence-corrected chi connectivity index (χ3v) is 3.55. The molecule has 4 heteroatoms. The summed E-state index contributed by atoms with van der Waals surface area (Å²) < 4.78 is 1.89. The van der Waals surface area contributed by atoms with Gasteiger partial charge in [0.1, 0.15) is 0 Å². The van der Waals surface area contributed by atoms with Crippen LogP contribution in [0.3, 0.4) is 0 Å². The zero-order chi connectivity index (χ0) is 13.1. The standard InChI is InChI=1S/C14H18ClN3/c1-10-4-5-11(12(15)8-10)9-13(16-2)14-6-7-17-18(14)3/h4-8,13,16H,9H2,1-3H3. The van der Waals surface area contributed by atoms with E-state index in [2.05, 4.69) is 22.5 Å². The van der Waals surface area contributed by atoms with E-state index in [1.54, 1.807) is 0 Å². The maximum Gasteiger partial charge on any atom is 0.0553 e. The lowest BCUT2D eigenvalue weighted by Gasteiger charge is -2.17. The van der Waals surface area contributed by atoms with Gasteiger partial charge in [-0.05, 0) is 43.7 Å². The average Bonchev–Trinajstić information content (AvgIpc) is 2.75. The largest absolute Gasteiger partial charge is 0.311 e. The lowest BCUT2D eigenvalue weighted by Crippen LogP contribution is -2.21. The van der Waals surface area contributed by atoms with Crippen LogP contribution in [-0.2, 0) is 13.5 Å². The van der Waals surface area contributed by atoms with Crippen LogP contribution in [0.25, 0.3) is 0 Å². The summed E-state index contributed by atoms with van der Waals surface area (Å²) in [6.07, 6.45) is 2.67. The van der Waals surface area contributed by atoms with Crippen LogP contribution in [0.4, 0.5) is 0 Å². The highest BCUT2D eigenvalue weighted by atomic mass is 35.5. The van der Waals surface area contributed by atoms with Gasteiger partial charge >= 0.3 is 0 Å². The van der Waals surface area contributed by atoms with Gasteiger partial charge in [-0.2, -0.15) is 5.10 Å². The minimum Gasteiger partial charge on any atom is -0.311 e. The number of hydrogen-bond acceptors (Lipinski definition) is 2. The summed E-state index contributed by atoms with van der Waals surface area (Å²) in [4.78, 5) is 0. The fourth-order valence-electron chi connectivity index (χ4n) is 2.12. The summed E-state index contributed by atoms with van der Waals surface area (Å²) >= 11 is 6.28. The zero-order valence-corrected chi connectivity index (χ0v) is 11.7. The molecule has 0 saturated carbocycles. The van der Waals surface area contributed by atoms with Crippen LogP contribution in [0.1, 0.15) is 22.9 Å². The molecule has 0 aliphatic carbocycles. The van der Waals surface area contributed by atoms with Gasteiger partial charge in [0.15, 0.2) is 0 Å². The molecule has 0 bridgehead atoms. The summed E-state index contributed by atoms with van der Waals surface area (Å²) in [6.45, 7) is 2.05.